The van der Waals surface area contributed by atoms with Gasteiger partial charge in [-0.15, -0.1) is 0 Å². The summed E-state index contributed by atoms with van der Waals surface area (Å²) in [6, 6.07) is 32.2. The molecule has 5 rings (SSSR count). The van der Waals surface area contributed by atoms with Crippen LogP contribution in [-0.2, 0) is 16.6 Å². The number of hydrogen-bond acceptors (Lipinski definition) is 4. The largest absolute Gasteiger partial charge is 0.480 e. The van der Waals surface area contributed by atoms with Crippen LogP contribution in [0.2, 0.25) is 0 Å². The van der Waals surface area contributed by atoms with E-state index in [2.05, 4.69) is 37.9 Å². The highest BCUT2D eigenvalue weighted by Gasteiger charge is 2.31. The number of rotatable bonds is 10. The molecule has 0 unspecified atom stereocenters. The lowest BCUT2D eigenvalue weighted by atomic mass is 9.87. The van der Waals surface area contributed by atoms with Crippen molar-refractivity contribution in [3.05, 3.63) is 126 Å². The number of aromatic nitrogens is 1. The summed E-state index contributed by atoms with van der Waals surface area (Å²) >= 11 is 0. The van der Waals surface area contributed by atoms with Crippen LogP contribution in [0, 0.1) is 0 Å². The van der Waals surface area contributed by atoms with Crippen LogP contribution in [0.5, 0.6) is 11.5 Å². The van der Waals surface area contributed by atoms with E-state index in [9.17, 15) is 14.7 Å². The summed E-state index contributed by atoms with van der Waals surface area (Å²) in [5, 5.41) is 11.8. The first-order valence-corrected chi connectivity index (χ1v) is 15.0. The smallest absolute Gasteiger partial charge is 0.326 e. The van der Waals surface area contributed by atoms with Crippen LogP contribution in [0.4, 0.5) is 0 Å². The SMILES string of the molecule is CCCN(C(=O)c1cc2ccc(Oc3ccc(C(C)(C)C)cc3)cc2cn1)[C@@H](Cc1ccc(-c2ccccc2)cc1)C(=O)O. The van der Waals surface area contributed by atoms with Crippen molar-refractivity contribution in [1.82, 2.24) is 9.88 Å². The predicted molar refractivity (Wildman–Crippen MR) is 175 cm³/mol. The van der Waals surface area contributed by atoms with E-state index in [0.717, 1.165) is 33.2 Å². The van der Waals surface area contributed by atoms with E-state index in [1.165, 1.54) is 10.5 Å². The quantitative estimate of drug-likeness (QED) is 0.177. The molecule has 44 heavy (non-hydrogen) atoms. The zero-order chi connectivity index (χ0) is 31.3. The summed E-state index contributed by atoms with van der Waals surface area (Å²) in [5.41, 5.74) is 4.49. The molecule has 0 aliphatic rings. The number of nitrogens with zero attached hydrogens (tertiary/aromatic N) is 2. The molecule has 1 atom stereocenters. The molecular weight excluding hydrogens is 548 g/mol. The van der Waals surface area contributed by atoms with Crippen molar-refractivity contribution in [1.29, 1.82) is 0 Å². The van der Waals surface area contributed by atoms with Crippen LogP contribution in [0.1, 0.15) is 55.7 Å². The summed E-state index contributed by atoms with van der Waals surface area (Å²) in [7, 11) is 0. The molecule has 0 bridgehead atoms. The Labute approximate surface area is 259 Å². The van der Waals surface area contributed by atoms with Crippen molar-refractivity contribution >= 4 is 22.6 Å². The number of hydrogen-bond donors (Lipinski definition) is 1. The number of carboxylic acids is 1. The van der Waals surface area contributed by atoms with Crippen molar-refractivity contribution in [3.63, 3.8) is 0 Å². The summed E-state index contributed by atoms with van der Waals surface area (Å²) in [6.07, 6.45) is 2.45. The van der Waals surface area contributed by atoms with Gasteiger partial charge in [-0.2, -0.15) is 0 Å². The van der Waals surface area contributed by atoms with Gasteiger partial charge in [0.25, 0.3) is 5.91 Å². The van der Waals surface area contributed by atoms with Crippen LogP contribution < -0.4 is 4.74 Å². The third kappa shape index (κ3) is 7.14. The molecule has 0 saturated heterocycles. The number of carbonyl (C=O) groups is 2. The van der Waals surface area contributed by atoms with E-state index in [0.29, 0.717) is 18.7 Å². The number of carbonyl (C=O) groups excluding carboxylic acids is 1. The highest BCUT2D eigenvalue weighted by molar-refractivity contribution is 5.98. The topological polar surface area (TPSA) is 79.7 Å². The van der Waals surface area contributed by atoms with Gasteiger partial charge in [-0.25, -0.2) is 4.79 Å². The lowest BCUT2D eigenvalue weighted by Gasteiger charge is -2.28. The van der Waals surface area contributed by atoms with Gasteiger partial charge in [0.15, 0.2) is 0 Å². The Morgan fingerprint density at radius 2 is 1.48 bits per heavy atom. The number of amides is 1. The Balaban J connectivity index is 1.33. The van der Waals surface area contributed by atoms with E-state index >= 15 is 0 Å². The molecule has 224 valence electrons. The Hall–Kier alpha value is -4.97. The third-order valence-electron chi connectivity index (χ3n) is 7.75. The van der Waals surface area contributed by atoms with Crippen LogP contribution in [0.25, 0.3) is 21.9 Å². The number of ether oxygens (including phenoxy) is 1. The second-order valence-electron chi connectivity index (χ2n) is 12.1. The maximum Gasteiger partial charge on any atom is 0.326 e. The van der Waals surface area contributed by atoms with Gasteiger partial charge >= 0.3 is 5.97 Å². The second-order valence-corrected chi connectivity index (χ2v) is 12.1. The molecule has 0 radical (unpaired) electrons. The van der Waals surface area contributed by atoms with Gasteiger partial charge in [0, 0.05) is 24.5 Å². The van der Waals surface area contributed by atoms with E-state index in [-0.39, 0.29) is 17.5 Å². The summed E-state index contributed by atoms with van der Waals surface area (Å²) in [6.45, 7) is 8.75. The maximum absolute atomic E-state index is 13.7. The van der Waals surface area contributed by atoms with Gasteiger partial charge in [-0.1, -0.05) is 100 Å². The Kier molecular flexibility index (Phi) is 9.09. The lowest BCUT2D eigenvalue weighted by molar-refractivity contribution is -0.142. The van der Waals surface area contributed by atoms with Crippen LogP contribution >= 0.6 is 0 Å². The Bertz CT molecular complexity index is 1740. The van der Waals surface area contributed by atoms with Crippen LogP contribution in [0.3, 0.4) is 0 Å². The molecule has 0 aliphatic carbocycles. The van der Waals surface area contributed by atoms with Crippen molar-refractivity contribution < 1.29 is 19.4 Å². The first-order chi connectivity index (χ1) is 21.1. The molecule has 0 spiro atoms. The highest BCUT2D eigenvalue weighted by atomic mass is 16.5. The van der Waals surface area contributed by atoms with E-state index in [4.69, 9.17) is 4.74 Å². The molecule has 6 nitrogen and oxygen atoms in total. The maximum atomic E-state index is 13.7. The van der Waals surface area contributed by atoms with Gasteiger partial charge < -0.3 is 14.7 Å². The van der Waals surface area contributed by atoms with E-state index in [1.807, 2.05) is 91.9 Å². The minimum Gasteiger partial charge on any atom is -0.480 e. The van der Waals surface area contributed by atoms with Crippen molar-refractivity contribution in [2.24, 2.45) is 0 Å². The van der Waals surface area contributed by atoms with Gasteiger partial charge in [0.05, 0.1) is 0 Å². The predicted octanol–water partition coefficient (Wildman–Crippen LogP) is 8.54. The van der Waals surface area contributed by atoms with Gasteiger partial charge in [0.1, 0.15) is 23.2 Å². The van der Waals surface area contributed by atoms with Crippen LogP contribution in [-0.4, -0.2) is 39.5 Å². The minimum atomic E-state index is -1.04. The highest BCUT2D eigenvalue weighted by Crippen LogP contribution is 2.29. The number of aliphatic carboxylic acids is 1. The fraction of sp³-hybridized carbons (Fsp3) is 0.237. The van der Waals surface area contributed by atoms with E-state index in [1.54, 1.807) is 12.3 Å². The molecule has 0 aliphatic heterocycles. The number of benzene rings is 4. The molecule has 0 fully saturated rings. The Morgan fingerprint density at radius 3 is 2.11 bits per heavy atom. The van der Waals surface area contributed by atoms with E-state index < -0.39 is 17.9 Å². The van der Waals surface area contributed by atoms with Gasteiger partial charge in [-0.3, -0.25) is 9.78 Å². The molecule has 4 aromatic carbocycles. The van der Waals surface area contributed by atoms with Crippen LogP contribution in [0.15, 0.2) is 109 Å². The number of fused-ring (bicyclic) bond motifs is 1. The second kappa shape index (κ2) is 13.1. The molecule has 0 saturated carbocycles. The van der Waals surface area contributed by atoms with Gasteiger partial charge in [0.2, 0.25) is 0 Å². The molecule has 5 aromatic rings. The molecule has 1 aromatic heterocycles. The summed E-state index contributed by atoms with van der Waals surface area (Å²) in [4.78, 5) is 32.1. The molecule has 6 heteroatoms. The average molecular weight is 587 g/mol. The van der Waals surface area contributed by atoms with Crippen molar-refractivity contribution in [2.75, 3.05) is 6.54 Å². The standard InChI is InChI=1S/C38H38N2O4/c1-5-21-40(35(37(42)43)22-26-11-13-28(14-12-26)27-9-7-6-8-10-27)36(41)34-24-29-15-18-33(23-30(29)25-39-34)44-32-19-16-31(17-20-32)38(2,3)4/h6-20,23-25,35H,5,21-22H2,1-4H3,(H,42,43)/t35-/m0/s1. The average Bonchev–Trinajstić information content (AvgIpc) is 3.02. The summed E-state index contributed by atoms with van der Waals surface area (Å²) < 4.78 is 6.08. The monoisotopic (exact) mass is 586 g/mol. The van der Waals surface area contributed by atoms with Gasteiger partial charge in [-0.05, 0) is 69.8 Å². The van der Waals surface area contributed by atoms with Crippen molar-refractivity contribution in [2.45, 2.75) is 52.0 Å². The van der Waals surface area contributed by atoms with Crippen molar-refractivity contribution in [3.8, 4) is 22.6 Å². The fourth-order valence-corrected chi connectivity index (χ4v) is 5.26. The Morgan fingerprint density at radius 1 is 0.818 bits per heavy atom. The normalized spacial score (nSPS) is 12.1. The minimum absolute atomic E-state index is 0.0631. The first-order valence-electron chi connectivity index (χ1n) is 15.0. The summed E-state index contributed by atoms with van der Waals surface area (Å²) in [5.74, 6) is -0.0428. The first kappa shape index (κ1) is 30.5. The molecular formula is C38H38N2O4. The molecule has 1 heterocycles. The number of carboxylic acid groups (broad SMARTS) is 1. The fourth-order valence-electron chi connectivity index (χ4n) is 5.26. The molecule has 1 N–H and O–H groups in total. The number of pyridine rings is 1. The third-order valence-corrected chi connectivity index (χ3v) is 7.75. The zero-order valence-corrected chi connectivity index (χ0v) is 25.7. The molecule has 1 amide bonds. The lowest BCUT2D eigenvalue weighted by Crippen LogP contribution is -2.47. The zero-order valence-electron chi connectivity index (χ0n) is 25.7.